The highest BCUT2D eigenvalue weighted by Crippen LogP contribution is 2.38. The lowest BCUT2D eigenvalue weighted by atomic mass is 10.0. The lowest BCUT2D eigenvalue weighted by molar-refractivity contribution is -0.139. The number of anilines is 1. The summed E-state index contributed by atoms with van der Waals surface area (Å²) >= 11 is 0. The average Bonchev–Trinajstić information content (AvgIpc) is 2.53. The number of halogens is 3. The smallest absolute Gasteiger partial charge is 0.326 e. The fourth-order valence-corrected chi connectivity index (χ4v) is 4.63. The first-order chi connectivity index (χ1) is 11.2. The van der Waals surface area contributed by atoms with E-state index < -0.39 is 32.7 Å². The van der Waals surface area contributed by atoms with Crippen LogP contribution in [0, 0.1) is 0 Å². The molecule has 2 N–H and O–H groups in total. The summed E-state index contributed by atoms with van der Waals surface area (Å²) in [6.07, 6.45) is -4.29. The second-order valence-corrected chi connectivity index (χ2v) is 7.45. The van der Waals surface area contributed by atoms with Gasteiger partial charge in [0.1, 0.15) is 0 Å². The van der Waals surface area contributed by atoms with Gasteiger partial charge in [0.05, 0.1) is 16.1 Å². The summed E-state index contributed by atoms with van der Waals surface area (Å²) in [4.78, 5) is -0.763. The molecule has 0 radical (unpaired) electrons. The van der Waals surface area contributed by atoms with E-state index >= 15 is 0 Å². The molecule has 0 spiro atoms. The number of nitrogens with zero attached hydrogens (tertiary/aromatic N) is 1. The minimum absolute atomic E-state index is 0.0640. The van der Waals surface area contributed by atoms with Gasteiger partial charge in [0.2, 0.25) is 0 Å². The Hall–Kier alpha value is -2.06. The maximum atomic E-state index is 13.2. The molecule has 1 aliphatic rings. The Kier molecular flexibility index (Phi) is 4.05. The predicted octanol–water partition coefficient (Wildman–Crippen LogP) is 2.78. The zero-order chi connectivity index (χ0) is 17.5. The molecule has 2 aromatic carbocycles. The van der Waals surface area contributed by atoms with Crippen LogP contribution in [-0.4, -0.2) is 21.0 Å². The van der Waals surface area contributed by atoms with Crippen LogP contribution in [0.25, 0.3) is 0 Å². The van der Waals surface area contributed by atoms with Crippen molar-refractivity contribution in [2.75, 3.05) is 10.8 Å². The normalized spacial score (nSPS) is 18.3. The molecule has 8 heteroatoms. The summed E-state index contributed by atoms with van der Waals surface area (Å²) in [7, 11) is -4.39. The average molecular weight is 356 g/mol. The summed E-state index contributed by atoms with van der Waals surface area (Å²) in [6, 6.07) is 10.4. The lowest BCUT2D eigenvalue weighted by Crippen LogP contribution is -2.46. The summed E-state index contributed by atoms with van der Waals surface area (Å²) in [5.41, 5.74) is 5.80. The minimum atomic E-state index is -4.76. The van der Waals surface area contributed by atoms with Crippen LogP contribution in [0.3, 0.4) is 0 Å². The lowest BCUT2D eigenvalue weighted by Gasteiger charge is -2.34. The second kappa shape index (κ2) is 5.78. The Bertz CT molecular complexity index is 866. The molecule has 1 heterocycles. The van der Waals surface area contributed by atoms with Gasteiger partial charge in [0.25, 0.3) is 10.0 Å². The number of sulfonamides is 1. The van der Waals surface area contributed by atoms with Gasteiger partial charge in [-0.1, -0.05) is 30.3 Å². The van der Waals surface area contributed by atoms with Gasteiger partial charge in [0, 0.05) is 12.6 Å². The number of benzene rings is 2. The van der Waals surface area contributed by atoms with E-state index in [1.54, 1.807) is 24.3 Å². The Balaban J connectivity index is 2.17. The highest BCUT2D eigenvalue weighted by atomic mass is 32.2. The summed E-state index contributed by atoms with van der Waals surface area (Å²) in [5.74, 6) is 0. The zero-order valence-electron chi connectivity index (χ0n) is 12.5. The molecule has 2 aromatic rings. The van der Waals surface area contributed by atoms with Crippen molar-refractivity contribution in [2.45, 2.75) is 23.5 Å². The van der Waals surface area contributed by atoms with Crippen molar-refractivity contribution in [3.05, 3.63) is 59.7 Å². The number of rotatable bonds is 2. The maximum absolute atomic E-state index is 13.2. The fraction of sp³-hybridized carbons (Fsp3) is 0.250. The minimum Gasteiger partial charge on any atom is -0.326 e. The molecule has 0 aromatic heterocycles. The van der Waals surface area contributed by atoms with Gasteiger partial charge in [-0.15, -0.1) is 0 Å². The van der Waals surface area contributed by atoms with Crippen LogP contribution in [0.1, 0.15) is 11.1 Å². The highest BCUT2D eigenvalue weighted by molar-refractivity contribution is 7.92. The monoisotopic (exact) mass is 356 g/mol. The van der Waals surface area contributed by atoms with Gasteiger partial charge in [-0.3, -0.25) is 4.31 Å². The van der Waals surface area contributed by atoms with E-state index in [2.05, 4.69) is 0 Å². The summed E-state index contributed by atoms with van der Waals surface area (Å²) in [6.45, 7) is -0.0640. The SMILES string of the molecule is NC1Cc2ccccc2N(S(=O)(=O)c2ccccc2C(F)(F)F)C1. The molecule has 4 nitrogen and oxygen atoms in total. The van der Waals surface area contributed by atoms with Crippen LogP contribution in [0.15, 0.2) is 53.4 Å². The molecule has 3 rings (SSSR count). The van der Waals surface area contributed by atoms with Crippen molar-refractivity contribution in [3.8, 4) is 0 Å². The molecule has 0 fully saturated rings. The molecule has 1 atom stereocenters. The second-order valence-electron chi connectivity index (χ2n) is 5.62. The fourth-order valence-electron chi connectivity index (χ4n) is 2.86. The topological polar surface area (TPSA) is 63.4 Å². The zero-order valence-corrected chi connectivity index (χ0v) is 13.3. The van der Waals surface area contributed by atoms with Gasteiger partial charge in [-0.05, 0) is 30.2 Å². The molecule has 0 aliphatic carbocycles. The first kappa shape index (κ1) is 16.8. The molecule has 0 saturated heterocycles. The van der Waals surface area contributed by atoms with E-state index in [4.69, 9.17) is 5.73 Å². The van der Waals surface area contributed by atoms with Crippen molar-refractivity contribution in [1.29, 1.82) is 0 Å². The molecule has 1 unspecified atom stereocenters. The van der Waals surface area contributed by atoms with Gasteiger partial charge >= 0.3 is 6.18 Å². The van der Waals surface area contributed by atoms with Crippen LogP contribution >= 0.6 is 0 Å². The molecule has 24 heavy (non-hydrogen) atoms. The van der Waals surface area contributed by atoms with E-state index in [1.807, 2.05) is 0 Å². The number of nitrogens with two attached hydrogens (primary N) is 1. The van der Waals surface area contributed by atoms with E-state index in [9.17, 15) is 21.6 Å². The maximum Gasteiger partial charge on any atom is 0.417 e. The van der Waals surface area contributed by atoms with Crippen LogP contribution in [0.4, 0.5) is 18.9 Å². The molecule has 128 valence electrons. The van der Waals surface area contributed by atoms with E-state index in [1.165, 1.54) is 6.07 Å². The standard InChI is InChI=1S/C16H15F3N2O2S/c17-16(18,19)13-6-2-4-8-15(13)24(22,23)21-10-12(20)9-11-5-1-3-7-14(11)21/h1-8,12H,9-10,20H2. The van der Waals surface area contributed by atoms with E-state index in [0.29, 0.717) is 17.7 Å². The third-order valence-corrected chi connectivity index (χ3v) is 5.74. The van der Waals surface area contributed by atoms with Crippen LogP contribution < -0.4 is 10.0 Å². The number of alkyl halides is 3. The Labute approximate surface area is 137 Å². The van der Waals surface area contributed by atoms with Crippen molar-refractivity contribution >= 4 is 15.7 Å². The van der Waals surface area contributed by atoms with Gasteiger partial charge < -0.3 is 5.73 Å². The quantitative estimate of drug-likeness (QED) is 0.900. The largest absolute Gasteiger partial charge is 0.417 e. The molecular formula is C16H15F3N2O2S. The molecule has 0 bridgehead atoms. The highest BCUT2D eigenvalue weighted by Gasteiger charge is 2.40. The number of para-hydroxylation sites is 1. The third kappa shape index (κ3) is 2.87. The van der Waals surface area contributed by atoms with Crippen LogP contribution in [-0.2, 0) is 22.6 Å². The van der Waals surface area contributed by atoms with Crippen molar-refractivity contribution < 1.29 is 21.6 Å². The first-order valence-corrected chi connectivity index (χ1v) is 8.67. The summed E-state index contributed by atoms with van der Waals surface area (Å²) in [5, 5.41) is 0. The number of hydrogen-bond donors (Lipinski definition) is 1. The van der Waals surface area contributed by atoms with E-state index in [0.717, 1.165) is 22.5 Å². The molecular weight excluding hydrogens is 341 g/mol. The Morgan fingerprint density at radius 1 is 1.04 bits per heavy atom. The Morgan fingerprint density at radius 3 is 2.38 bits per heavy atom. The van der Waals surface area contributed by atoms with Crippen molar-refractivity contribution in [2.24, 2.45) is 5.73 Å². The van der Waals surface area contributed by atoms with Crippen LogP contribution in [0.5, 0.6) is 0 Å². The third-order valence-electron chi connectivity index (χ3n) is 3.90. The first-order valence-electron chi connectivity index (χ1n) is 7.23. The van der Waals surface area contributed by atoms with Gasteiger partial charge in [-0.2, -0.15) is 13.2 Å². The molecule has 0 amide bonds. The molecule has 0 saturated carbocycles. The number of hydrogen-bond acceptors (Lipinski definition) is 3. The van der Waals surface area contributed by atoms with Crippen LogP contribution in [0.2, 0.25) is 0 Å². The van der Waals surface area contributed by atoms with Crippen molar-refractivity contribution in [3.63, 3.8) is 0 Å². The molecule has 1 aliphatic heterocycles. The van der Waals surface area contributed by atoms with E-state index in [-0.39, 0.29) is 6.54 Å². The van der Waals surface area contributed by atoms with Crippen molar-refractivity contribution in [1.82, 2.24) is 0 Å². The van der Waals surface area contributed by atoms with Gasteiger partial charge in [0.15, 0.2) is 0 Å². The van der Waals surface area contributed by atoms with Gasteiger partial charge in [-0.25, -0.2) is 8.42 Å². The summed E-state index contributed by atoms with van der Waals surface area (Å²) < 4.78 is 66.5. The Morgan fingerprint density at radius 2 is 1.67 bits per heavy atom. The number of fused-ring (bicyclic) bond motifs is 1. The predicted molar refractivity (Wildman–Crippen MR) is 84.1 cm³/mol.